The quantitative estimate of drug-likeness (QED) is 0.383. The van der Waals surface area contributed by atoms with Crippen LogP contribution in [0.3, 0.4) is 0 Å². The van der Waals surface area contributed by atoms with Crippen LogP contribution in [-0.2, 0) is 29.9 Å². The first kappa shape index (κ1) is 23.8. The maximum Gasteiger partial charge on any atom is 0.254 e. The van der Waals surface area contributed by atoms with E-state index in [1.54, 1.807) is 11.5 Å². The van der Waals surface area contributed by atoms with Gasteiger partial charge in [-0.3, -0.25) is 9.59 Å². The zero-order valence-corrected chi connectivity index (χ0v) is 21.7. The van der Waals surface area contributed by atoms with Gasteiger partial charge in [-0.05, 0) is 73.1 Å². The molecule has 0 spiro atoms. The molecule has 2 aromatic carbocycles. The molecule has 4 aromatic rings. The Morgan fingerprint density at radius 3 is 2.43 bits per heavy atom. The lowest BCUT2D eigenvalue weighted by atomic mass is 9.77. The fraction of sp³-hybridized carbons (Fsp3) is 0.323. The highest BCUT2D eigenvalue weighted by molar-refractivity contribution is 6.03. The molecule has 37 heavy (non-hydrogen) atoms. The zero-order chi connectivity index (χ0) is 26.2. The van der Waals surface area contributed by atoms with E-state index in [1.807, 2.05) is 24.3 Å². The molecule has 3 N–H and O–H groups in total. The molecule has 0 bridgehead atoms. The number of aryl methyl sites for hydroxylation is 1. The largest absolute Gasteiger partial charge is 0.377 e. The number of hydrogen-bond acceptors (Lipinski definition) is 5. The summed E-state index contributed by atoms with van der Waals surface area (Å²) in [6, 6.07) is 12.1. The van der Waals surface area contributed by atoms with Crippen molar-refractivity contribution in [2.75, 3.05) is 0 Å². The van der Waals surface area contributed by atoms with Gasteiger partial charge in [-0.25, -0.2) is 4.98 Å². The van der Waals surface area contributed by atoms with Gasteiger partial charge in [0.25, 0.3) is 5.56 Å². The molecule has 1 aliphatic carbocycles. The zero-order valence-electron chi connectivity index (χ0n) is 21.7. The minimum atomic E-state index is -1.64. The van der Waals surface area contributed by atoms with Crippen LogP contribution in [0.2, 0.25) is 0 Å². The summed E-state index contributed by atoms with van der Waals surface area (Å²) >= 11 is 0. The van der Waals surface area contributed by atoms with E-state index < -0.39 is 5.60 Å². The number of rotatable bonds is 3. The summed E-state index contributed by atoms with van der Waals surface area (Å²) in [5, 5.41) is 12.4. The van der Waals surface area contributed by atoms with Gasteiger partial charge in [-0.15, -0.1) is 0 Å². The SMILES string of the molecule is CC[C@@]1(O)C(=O)CCc2c1cc1n(c2=O)Cc2c-1nc1c(C)c(C)c(C)c(-c3ccccc3)c1c2CN. The highest BCUT2D eigenvalue weighted by Crippen LogP contribution is 2.44. The van der Waals surface area contributed by atoms with E-state index in [0.29, 0.717) is 36.3 Å². The fourth-order valence-electron chi connectivity index (χ4n) is 6.41. The standard InChI is InChI=1S/C31H31N3O3/c1-5-31(37)23-13-24-29-22(15-34(24)30(36)20(23)11-12-25(31)35)21(14-32)27-26(19-9-7-6-8-10-19)17(3)16(2)18(4)28(27)33-29/h6-10,13,37H,5,11-12,14-15,32H2,1-4H3/t31-/m0/s1. The van der Waals surface area contributed by atoms with Gasteiger partial charge in [0, 0.05) is 35.0 Å². The topological polar surface area (TPSA) is 98.2 Å². The third-order valence-corrected chi connectivity index (χ3v) is 8.76. The molecular weight excluding hydrogens is 462 g/mol. The molecule has 1 aliphatic heterocycles. The summed E-state index contributed by atoms with van der Waals surface area (Å²) in [6.45, 7) is 8.82. The molecule has 0 unspecified atom stereocenters. The lowest BCUT2D eigenvalue weighted by Gasteiger charge is -2.32. The first-order chi connectivity index (χ1) is 17.7. The van der Waals surface area contributed by atoms with Crippen LogP contribution < -0.4 is 11.3 Å². The van der Waals surface area contributed by atoms with Crippen molar-refractivity contribution in [2.24, 2.45) is 5.73 Å². The Labute approximate surface area is 215 Å². The average molecular weight is 494 g/mol. The van der Waals surface area contributed by atoms with Gasteiger partial charge in [0.15, 0.2) is 5.78 Å². The second kappa shape index (κ2) is 8.20. The van der Waals surface area contributed by atoms with Crippen LogP contribution in [0.4, 0.5) is 0 Å². The lowest BCUT2D eigenvalue weighted by molar-refractivity contribution is -0.140. The number of ketones is 1. The maximum absolute atomic E-state index is 13.7. The fourth-order valence-corrected chi connectivity index (χ4v) is 6.41. The molecule has 0 fully saturated rings. The summed E-state index contributed by atoms with van der Waals surface area (Å²) in [5.41, 5.74) is 15.5. The van der Waals surface area contributed by atoms with Crippen LogP contribution in [0.25, 0.3) is 33.4 Å². The number of nitrogens with two attached hydrogens (primary N) is 1. The van der Waals surface area contributed by atoms with Crippen molar-refractivity contribution in [1.29, 1.82) is 0 Å². The minimum absolute atomic E-state index is 0.149. The number of Topliss-reactive ketones (excluding diaryl/α,β-unsaturated/α-hetero) is 1. The Morgan fingerprint density at radius 2 is 1.76 bits per heavy atom. The van der Waals surface area contributed by atoms with Crippen LogP contribution in [0, 0.1) is 20.8 Å². The van der Waals surface area contributed by atoms with E-state index in [2.05, 4.69) is 32.9 Å². The molecule has 3 heterocycles. The van der Waals surface area contributed by atoms with Crippen molar-refractivity contribution < 1.29 is 9.90 Å². The van der Waals surface area contributed by atoms with E-state index in [0.717, 1.165) is 44.4 Å². The normalized spacial score (nSPS) is 18.2. The van der Waals surface area contributed by atoms with Crippen LogP contribution in [-0.4, -0.2) is 20.4 Å². The van der Waals surface area contributed by atoms with Gasteiger partial charge >= 0.3 is 0 Å². The number of carbonyl (C=O) groups is 1. The van der Waals surface area contributed by atoms with Crippen LogP contribution >= 0.6 is 0 Å². The molecule has 188 valence electrons. The lowest BCUT2D eigenvalue weighted by Crippen LogP contribution is -2.43. The number of aliphatic hydroxyl groups is 1. The van der Waals surface area contributed by atoms with E-state index in [4.69, 9.17) is 10.7 Å². The summed E-state index contributed by atoms with van der Waals surface area (Å²) in [5.74, 6) is -0.228. The monoisotopic (exact) mass is 493 g/mol. The van der Waals surface area contributed by atoms with Crippen molar-refractivity contribution in [3.63, 3.8) is 0 Å². The number of hydrogen-bond donors (Lipinski definition) is 2. The smallest absolute Gasteiger partial charge is 0.254 e. The van der Waals surface area contributed by atoms with Crippen LogP contribution in [0.15, 0.2) is 41.2 Å². The molecule has 2 aromatic heterocycles. The van der Waals surface area contributed by atoms with E-state index in [-0.39, 0.29) is 24.2 Å². The Balaban J connectivity index is 1.72. The predicted molar refractivity (Wildman–Crippen MR) is 146 cm³/mol. The van der Waals surface area contributed by atoms with Gasteiger partial charge in [0.2, 0.25) is 0 Å². The van der Waals surface area contributed by atoms with Crippen molar-refractivity contribution in [1.82, 2.24) is 9.55 Å². The van der Waals surface area contributed by atoms with Crippen molar-refractivity contribution in [3.8, 4) is 22.5 Å². The van der Waals surface area contributed by atoms with Crippen LogP contribution in [0.1, 0.15) is 58.7 Å². The molecule has 0 amide bonds. The molecule has 6 rings (SSSR count). The van der Waals surface area contributed by atoms with Crippen molar-refractivity contribution >= 4 is 16.7 Å². The van der Waals surface area contributed by atoms with Gasteiger partial charge in [-0.2, -0.15) is 0 Å². The Hall–Kier alpha value is -3.61. The second-order valence-corrected chi connectivity index (χ2v) is 10.4. The Bertz CT molecular complexity index is 1700. The van der Waals surface area contributed by atoms with Crippen molar-refractivity contribution in [2.45, 2.75) is 65.6 Å². The number of fused-ring (bicyclic) bond motifs is 5. The summed E-state index contributed by atoms with van der Waals surface area (Å²) in [6.07, 6.45) is 0.750. The minimum Gasteiger partial charge on any atom is -0.377 e. The third kappa shape index (κ3) is 3.09. The van der Waals surface area contributed by atoms with Crippen molar-refractivity contribution in [3.05, 3.63) is 85.7 Å². The maximum atomic E-state index is 13.7. The number of carbonyl (C=O) groups excluding carboxylic acids is 1. The second-order valence-electron chi connectivity index (χ2n) is 10.4. The molecule has 6 nitrogen and oxygen atoms in total. The molecular formula is C31H31N3O3. The molecule has 6 heteroatoms. The summed E-state index contributed by atoms with van der Waals surface area (Å²) in [4.78, 5) is 31.7. The first-order valence-corrected chi connectivity index (χ1v) is 13.0. The summed E-state index contributed by atoms with van der Waals surface area (Å²) in [7, 11) is 0. The van der Waals surface area contributed by atoms with E-state index in [1.165, 1.54) is 11.1 Å². The number of benzene rings is 2. The van der Waals surface area contributed by atoms with Gasteiger partial charge < -0.3 is 15.4 Å². The summed E-state index contributed by atoms with van der Waals surface area (Å²) < 4.78 is 1.75. The number of pyridine rings is 2. The molecule has 0 radical (unpaired) electrons. The Morgan fingerprint density at radius 1 is 1.03 bits per heavy atom. The predicted octanol–water partition coefficient (Wildman–Crippen LogP) is 4.59. The van der Waals surface area contributed by atoms with Gasteiger partial charge in [0.1, 0.15) is 5.60 Å². The van der Waals surface area contributed by atoms with Crippen LogP contribution in [0.5, 0.6) is 0 Å². The Kier molecular flexibility index (Phi) is 5.27. The average Bonchev–Trinajstić information content (AvgIpc) is 3.28. The van der Waals surface area contributed by atoms with E-state index in [9.17, 15) is 14.7 Å². The van der Waals surface area contributed by atoms with E-state index >= 15 is 0 Å². The third-order valence-electron chi connectivity index (χ3n) is 8.76. The number of aromatic nitrogens is 2. The highest BCUT2D eigenvalue weighted by Gasteiger charge is 2.43. The van der Waals surface area contributed by atoms with Gasteiger partial charge in [0.05, 0.1) is 23.4 Å². The molecule has 1 atom stereocenters. The highest BCUT2D eigenvalue weighted by atomic mass is 16.3. The number of nitrogens with zero attached hydrogens (tertiary/aromatic N) is 2. The molecule has 2 aliphatic rings. The first-order valence-electron chi connectivity index (χ1n) is 13.0. The molecule has 0 saturated carbocycles. The molecule has 0 saturated heterocycles. The van der Waals surface area contributed by atoms with Gasteiger partial charge in [-0.1, -0.05) is 37.3 Å².